The van der Waals surface area contributed by atoms with Crippen molar-refractivity contribution in [3.8, 4) is 5.75 Å². The van der Waals surface area contributed by atoms with Crippen LogP contribution in [0.5, 0.6) is 5.75 Å². The van der Waals surface area contributed by atoms with Gasteiger partial charge in [0, 0.05) is 27.7 Å². The number of carbonyl (C=O) groups excluding carboxylic acids is 2. The first-order chi connectivity index (χ1) is 15.9. The molecule has 0 fully saturated rings. The number of hydrogen-bond donors (Lipinski definition) is 2. The predicted molar refractivity (Wildman–Crippen MR) is 137 cm³/mol. The summed E-state index contributed by atoms with van der Waals surface area (Å²) in [6.45, 7) is 3.70. The molecule has 1 atom stereocenters. The molecule has 0 heterocycles. The Kier molecular flexibility index (Phi) is 8.58. The highest BCUT2D eigenvalue weighted by molar-refractivity contribution is 8.00. The summed E-state index contributed by atoms with van der Waals surface area (Å²) in [5, 5.41) is 5.97. The third-order valence-electron chi connectivity index (χ3n) is 4.77. The predicted octanol–water partition coefficient (Wildman–Crippen LogP) is 6.43. The van der Waals surface area contributed by atoms with Gasteiger partial charge in [-0.15, -0.1) is 11.8 Å². The average molecular weight is 481 g/mol. The van der Waals surface area contributed by atoms with Crippen molar-refractivity contribution in [3.05, 3.63) is 89.0 Å². The first kappa shape index (κ1) is 24.4. The van der Waals surface area contributed by atoms with Crippen molar-refractivity contribution >= 4 is 52.6 Å². The Hall–Kier alpha value is -3.22. The van der Waals surface area contributed by atoms with Crippen LogP contribution in [0.2, 0.25) is 5.02 Å². The van der Waals surface area contributed by atoms with E-state index in [0.29, 0.717) is 22.1 Å². The smallest absolute Gasteiger partial charge is 0.248 e. The minimum absolute atomic E-state index is 0.150. The Morgan fingerprint density at radius 1 is 1.03 bits per heavy atom. The molecule has 2 amide bonds. The Bertz CT molecular complexity index is 1150. The molecule has 170 valence electrons. The average Bonchev–Trinajstić information content (AvgIpc) is 2.81. The fourth-order valence-corrected chi connectivity index (χ4v) is 3.98. The van der Waals surface area contributed by atoms with Crippen molar-refractivity contribution in [3.63, 3.8) is 0 Å². The van der Waals surface area contributed by atoms with E-state index in [-0.39, 0.29) is 17.1 Å². The second-order valence-corrected chi connectivity index (χ2v) is 9.13. The summed E-state index contributed by atoms with van der Waals surface area (Å²) in [4.78, 5) is 25.7. The van der Waals surface area contributed by atoms with E-state index >= 15 is 0 Å². The summed E-state index contributed by atoms with van der Waals surface area (Å²) in [7, 11) is 1.53. The van der Waals surface area contributed by atoms with Crippen molar-refractivity contribution in [1.29, 1.82) is 0 Å². The van der Waals surface area contributed by atoms with E-state index in [0.717, 1.165) is 16.0 Å². The molecule has 3 aromatic carbocycles. The third-order valence-corrected chi connectivity index (χ3v) is 6.29. The van der Waals surface area contributed by atoms with Crippen molar-refractivity contribution < 1.29 is 14.3 Å². The normalized spacial score (nSPS) is 11.8. The van der Waals surface area contributed by atoms with E-state index in [4.69, 9.17) is 16.3 Å². The van der Waals surface area contributed by atoms with Gasteiger partial charge in [0.15, 0.2) is 0 Å². The molecule has 0 saturated carbocycles. The van der Waals surface area contributed by atoms with Crippen LogP contribution < -0.4 is 15.4 Å². The summed E-state index contributed by atoms with van der Waals surface area (Å²) in [6, 6.07) is 20.5. The van der Waals surface area contributed by atoms with Crippen molar-refractivity contribution in [2.24, 2.45) is 0 Å². The molecular weight excluding hydrogens is 456 g/mol. The Morgan fingerprint density at radius 2 is 1.73 bits per heavy atom. The van der Waals surface area contributed by atoms with Crippen LogP contribution >= 0.6 is 23.4 Å². The summed E-state index contributed by atoms with van der Waals surface area (Å²) in [5.74, 6) is 0.153. The molecule has 7 heteroatoms. The number of nitrogens with one attached hydrogen (secondary N) is 2. The highest BCUT2D eigenvalue weighted by Gasteiger charge is 2.17. The lowest BCUT2D eigenvalue weighted by Crippen LogP contribution is -2.22. The Balaban J connectivity index is 1.56. The maximum atomic E-state index is 12.7. The molecule has 0 aromatic heterocycles. The van der Waals surface area contributed by atoms with Crippen molar-refractivity contribution in [2.75, 3.05) is 17.7 Å². The van der Waals surface area contributed by atoms with Crippen LogP contribution in [0.4, 0.5) is 11.4 Å². The van der Waals surface area contributed by atoms with E-state index in [1.165, 1.54) is 24.9 Å². The SMILES string of the molecule is COc1cc(Cl)c(C)cc1NC(=O)C(C)Sc1ccc(NC(=O)/C=C/c2ccccc2)cc1. The van der Waals surface area contributed by atoms with Crippen LogP contribution in [0, 0.1) is 6.92 Å². The molecule has 0 spiro atoms. The maximum Gasteiger partial charge on any atom is 0.248 e. The van der Waals surface area contributed by atoms with Gasteiger partial charge in [-0.3, -0.25) is 9.59 Å². The molecule has 0 aliphatic carbocycles. The molecular formula is C26H25ClN2O3S. The van der Waals surface area contributed by atoms with Gasteiger partial charge < -0.3 is 15.4 Å². The second-order valence-electron chi connectivity index (χ2n) is 7.31. The van der Waals surface area contributed by atoms with Gasteiger partial charge in [-0.05, 0) is 61.4 Å². The molecule has 0 bridgehead atoms. The molecule has 0 radical (unpaired) electrons. The first-order valence-corrected chi connectivity index (χ1v) is 11.6. The zero-order chi connectivity index (χ0) is 23.8. The van der Waals surface area contributed by atoms with Crippen LogP contribution in [0.15, 0.2) is 77.7 Å². The van der Waals surface area contributed by atoms with Gasteiger partial charge in [0.25, 0.3) is 0 Å². The number of amides is 2. The number of carbonyl (C=O) groups is 2. The van der Waals surface area contributed by atoms with Gasteiger partial charge >= 0.3 is 0 Å². The monoisotopic (exact) mass is 480 g/mol. The van der Waals surface area contributed by atoms with Crippen LogP contribution in [0.1, 0.15) is 18.1 Å². The van der Waals surface area contributed by atoms with Gasteiger partial charge in [0.1, 0.15) is 5.75 Å². The van der Waals surface area contributed by atoms with Gasteiger partial charge in [-0.1, -0.05) is 41.9 Å². The number of halogens is 1. The van der Waals surface area contributed by atoms with Crippen molar-refractivity contribution in [1.82, 2.24) is 0 Å². The van der Waals surface area contributed by atoms with Gasteiger partial charge in [-0.25, -0.2) is 0 Å². The number of hydrogen-bond acceptors (Lipinski definition) is 4. The van der Waals surface area contributed by atoms with Crippen molar-refractivity contribution in [2.45, 2.75) is 24.0 Å². The number of aryl methyl sites for hydroxylation is 1. The number of benzene rings is 3. The lowest BCUT2D eigenvalue weighted by atomic mass is 10.2. The van der Waals surface area contributed by atoms with E-state index < -0.39 is 0 Å². The molecule has 0 aliphatic heterocycles. The Morgan fingerprint density at radius 3 is 2.39 bits per heavy atom. The van der Waals surface area contributed by atoms with E-state index in [2.05, 4.69) is 10.6 Å². The third kappa shape index (κ3) is 7.14. The zero-order valence-electron chi connectivity index (χ0n) is 18.6. The summed E-state index contributed by atoms with van der Waals surface area (Å²) >= 11 is 7.56. The highest BCUT2D eigenvalue weighted by Crippen LogP contribution is 2.32. The maximum absolute atomic E-state index is 12.7. The number of anilines is 2. The lowest BCUT2D eigenvalue weighted by Gasteiger charge is -2.15. The number of methoxy groups -OCH3 is 1. The molecule has 5 nitrogen and oxygen atoms in total. The molecule has 2 N–H and O–H groups in total. The van der Waals surface area contributed by atoms with Crippen LogP contribution in [-0.4, -0.2) is 24.2 Å². The molecule has 0 saturated heterocycles. The van der Waals surface area contributed by atoms with Crippen LogP contribution in [0.3, 0.4) is 0 Å². The molecule has 3 aromatic rings. The minimum atomic E-state index is -0.347. The second kappa shape index (κ2) is 11.6. The number of rotatable bonds is 8. The van der Waals surface area contributed by atoms with E-state index in [1.54, 1.807) is 18.2 Å². The van der Waals surface area contributed by atoms with Gasteiger partial charge in [0.2, 0.25) is 11.8 Å². The summed E-state index contributed by atoms with van der Waals surface area (Å²) < 4.78 is 5.32. The fraction of sp³-hybridized carbons (Fsp3) is 0.154. The standard InChI is InChI=1S/C26H25ClN2O3S/c1-17-15-23(24(32-3)16-22(17)27)29-26(31)18(2)33-21-12-10-20(11-13-21)28-25(30)14-9-19-7-5-4-6-8-19/h4-16,18H,1-3H3,(H,28,30)(H,29,31)/b14-9+. The zero-order valence-corrected chi connectivity index (χ0v) is 20.2. The molecule has 0 aliphatic rings. The first-order valence-electron chi connectivity index (χ1n) is 10.3. The van der Waals surface area contributed by atoms with Gasteiger partial charge in [0.05, 0.1) is 18.0 Å². The topological polar surface area (TPSA) is 67.4 Å². The summed E-state index contributed by atoms with van der Waals surface area (Å²) in [6.07, 6.45) is 3.26. The molecule has 1 unspecified atom stereocenters. The fourth-order valence-electron chi connectivity index (χ4n) is 2.96. The minimum Gasteiger partial charge on any atom is -0.495 e. The molecule has 3 rings (SSSR count). The van der Waals surface area contributed by atoms with Gasteiger partial charge in [-0.2, -0.15) is 0 Å². The quantitative estimate of drug-likeness (QED) is 0.288. The van der Waals surface area contributed by atoms with Crippen LogP contribution in [0.25, 0.3) is 6.08 Å². The van der Waals surface area contributed by atoms with E-state index in [1.807, 2.05) is 68.4 Å². The largest absolute Gasteiger partial charge is 0.495 e. The lowest BCUT2D eigenvalue weighted by molar-refractivity contribution is -0.115. The summed E-state index contributed by atoms with van der Waals surface area (Å²) in [5.41, 5.74) is 3.07. The van der Waals surface area contributed by atoms with E-state index in [9.17, 15) is 9.59 Å². The Labute approximate surface area is 203 Å². The van der Waals surface area contributed by atoms with Crippen LogP contribution in [-0.2, 0) is 9.59 Å². The highest BCUT2D eigenvalue weighted by atomic mass is 35.5. The molecule has 33 heavy (non-hydrogen) atoms. The number of ether oxygens (including phenoxy) is 1. The number of thioether (sulfide) groups is 1.